The van der Waals surface area contributed by atoms with E-state index in [9.17, 15) is 4.79 Å². The van der Waals surface area contributed by atoms with Crippen molar-refractivity contribution in [1.29, 1.82) is 0 Å². The van der Waals surface area contributed by atoms with E-state index >= 15 is 0 Å². The second-order valence-corrected chi connectivity index (χ2v) is 3.74. The monoisotopic (exact) mass is 233 g/mol. The summed E-state index contributed by atoms with van der Waals surface area (Å²) in [6, 6.07) is 5.58. The van der Waals surface area contributed by atoms with Crippen LogP contribution in [0.25, 0.3) is 6.08 Å². The summed E-state index contributed by atoms with van der Waals surface area (Å²) < 4.78 is 10.5. The van der Waals surface area contributed by atoms with Gasteiger partial charge in [0.15, 0.2) is 11.5 Å². The summed E-state index contributed by atoms with van der Waals surface area (Å²) in [5.74, 6) is 1.39. The molecule has 0 bridgehead atoms. The van der Waals surface area contributed by atoms with Gasteiger partial charge in [0.05, 0.1) is 0 Å². The number of hydrogen-bond acceptors (Lipinski definition) is 3. The van der Waals surface area contributed by atoms with Crippen LogP contribution in [-0.4, -0.2) is 19.2 Å². The minimum Gasteiger partial charge on any atom is -0.454 e. The molecule has 90 valence electrons. The van der Waals surface area contributed by atoms with Crippen LogP contribution in [0.5, 0.6) is 11.5 Å². The molecule has 0 saturated heterocycles. The molecule has 2 rings (SSSR count). The third-order valence-corrected chi connectivity index (χ3v) is 2.37. The van der Waals surface area contributed by atoms with Crippen LogP contribution in [-0.2, 0) is 4.79 Å². The van der Waals surface area contributed by atoms with Gasteiger partial charge in [-0.25, -0.2) is 0 Å². The van der Waals surface area contributed by atoms with Gasteiger partial charge in [0, 0.05) is 12.6 Å². The Kier molecular flexibility index (Phi) is 3.65. The summed E-state index contributed by atoms with van der Waals surface area (Å²) in [4.78, 5) is 11.4. The van der Waals surface area contributed by atoms with Gasteiger partial charge in [0.25, 0.3) is 0 Å². The van der Waals surface area contributed by atoms with Crippen LogP contribution < -0.4 is 14.8 Å². The smallest absolute Gasteiger partial charge is 0.243 e. The van der Waals surface area contributed by atoms with Crippen molar-refractivity contribution in [1.82, 2.24) is 5.32 Å². The number of fused-ring (bicyclic) bond motifs is 1. The van der Waals surface area contributed by atoms with Crippen molar-refractivity contribution < 1.29 is 14.3 Å². The second-order valence-electron chi connectivity index (χ2n) is 3.74. The standard InChI is InChI=1S/C13H15NO3/c1-2-7-14-13(15)6-4-10-3-5-11-12(8-10)17-9-16-11/h3-6,8H,2,7,9H2,1H3,(H,14,15)/b6-4+. The summed E-state index contributed by atoms with van der Waals surface area (Å²) >= 11 is 0. The van der Waals surface area contributed by atoms with Gasteiger partial charge in [-0.3, -0.25) is 4.79 Å². The van der Waals surface area contributed by atoms with Gasteiger partial charge >= 0.3 is 0 Å². The average molecular weight is 233 g/mol. The van der Waals surface area contributed by atoms with Crippen molar-refractivity contribution in [2.75, 3.05) is 13.3 Å². The number of nitrogens with one attached hydrogen (secondary N) is 1. The van der Waals surface area contributed by atoms with Crippen molar-refractivity contribution in [2.24, 2.45) is 0 Å². The highest BCUT2D eigenvalue weighted by molar-refractivity contribution is 5.91. The van der Waals surface area contributed by atoms with Crippen molar-refractivity contribution in [3.05, 3.63) is 29.8 Å². The molecule has 0 aliphatic carbocycles. The van der Waals surface area contributed by atoms with E-state index < -0.39 is 0 Å². The maximum absolute atomic E-state index is 11.4. The van der Waals surface area contributed by atoms with Gasteiger partial charge < -0.3 is 14.8 Å². The predicted octanol–water partition coefficient (Wildman–Crippen LogP) is 1.95. The first-order valence-corrected chi connectivity index (χ1v) is 5.65. The van der Waals surface area contributed by atoms with Crippen LogP contribution in [0.2, 0.25) is 0 Å². The summed E-state index contributed by atoms with van der Waals surface area (Å²) in [6.07, 6.45) is 4.21. The summed E-state index contributed by atoms with van der Waals surface area (Å²) in [5.41, 5.74) is 0.917. The molecule has 1 N–H and O–H groups in total. The van der Waals surface area contributed by atoms with E-state index in [-0.39, 0.29) is 12.7 Å². The zero-order valence-electron chi connectivity index (χ0n) is 9.73. The Balaban J connectivity index is 1.99. The Morgan fingerprint density at radius 2 is 2.24 bits per heavy atom. The van der Waals surface area contributed by atoms with Crippen LogP contribution in [0.4, 0.5) is 0 Å². The van der Waals surface area contributed by atoms with Crippen LogP contribution >= 0.6 is 0 Å². The molecule has 17 heavy (non-hydrogen) atoms. The number of hydrogen-bond donors (Lipinski definition) is 1. The molecular weight excluding hydrogens is 218 g/mol. The van der Waals surface area contributed by atoms with Gasteiger partial charge in [-0.1, -0.05) is 13.0 Å². The van der Waals surface area contributed by atoms with Gasteiger partial charge in [-0.2, -0.15) is 0 Å². The van der Waals surface area contributed by atoms with Gasteiger partial charge in [-0.15, -0.1) is 0 Å². The van der Waals surface area contributed by atoms with Crippen molar-refractivity contribution in [2.45, 2.75) is 13.3 Å². The lowest BCUT2D eigenvalue weighted by Crippen LogP contribution is -2.21. The molecule has 1 aromatic carbocycles. The first-order chi connectivity index (χ1) is 8.29. The fourth-order valence-corrected chi connectivity index (χ4v) is 1.50. The average Bonchev–Trinajstić information content (AvgIpc) is 2.81. The van der Waals surface area contributed by atoms with E-state index in [1.54, 1.807) is 6.08 Å². The number of ether oxygens (including phenoxy) is 2. The second kappa shape index (κ2) is 5.39. The molecule has 0 radical (unpaired) electrons. The molecule has 0 unspecified atom stereocenters. The summed E-state index contributed by atoms with van der Waals surface area (Å²) in [5, 5.41) is 2.77. The van der Waals surface area contributed by atoms with Gasteiger partial charge in [0.2, 0.25) is 12.7 Å². The molecule has 0 fully saturated rings. The third-order valence-electron chi connectivity index (χ3n) is 2.37. The fourth-order valence-electron chi connectivity index (χ4n) is 1.50. The number of carbonyl (C=O) groups excluding carboxylic acids is 1. The Hall–Kier alpha value is -1.97. The molecule has 4 nitrogen and oxygen atoms in total. The summed E-state index contributed by atoms with van der Waals surface area (Å²) in [7, 11) is 0. The SMILES string of the molecule is CCCNC(=O)/C=C/c1ccc2c(c1)OCO2. The lowest BCUT2D eigenvalue weighted by atomic mass is 10.2. The van der Waals surface area contributed by atoms with E-state index in [1.807, 2.05) is 25.1 Å². The molecule has 0 saturated carbocycles. The van der Waals surface area contributed by atoms with Gasteiger partial charge in [-0.05, 0) is 30.2 Å². The highest BCUT2D eigenvalue weighted by Gasteiger charge is 2.12. The molecule has 0 atom stereocenters. The van der Waals surface area contributed by atoms with Crippen molar-refractivity contribution >= 4 is 12.0 Å². The molecule has 1 aromatic rings. The predicted molar refractivity (Wildman–Crippen MR) is 64.9 cm³/mol. The third kappa shape index (κ3) is 3.00. The van der Waals surface area contributed by atoms with Crippen LogP contribution in [0.15, 0.2) is 24.3 Å². The number of amides is 1. The molecule has 1 aliphatic rings. The minimum absolute atomic E-state index is 0.0792. The topological polar surface area (TPSA) is 47.6 Å². The summed E-state index contributed by atoms with van der Waals surface area (Å²) in [6.45, 7) is 2.98. The minimum atomic E-state index is -0.0792. The lowest BCUT2D eigenvalue weighted by molar-refractivity contribution is -0.116. The Bertz CT molecular complexity index is 440. The Morgan fingerprint density at radius 3 is 3.06 bits per heavy atom. The molecule has 0 spiro atoms. The van der Waals surface area contributed by atoms with E-state index in [2.05, 4.69) is 5.32 Å². The maximum atomic E-state index is 11.4. The zero-order chi connectivity index (χ0) is 12.1. The highest BCUT2D eigenvalue weighted by Crippen LogP contribution is 2.32. The van der Waals surface area contributed by atoms with E-state index in [0.29, 0.717) is 6.54 Å². The molecule has 0 aromatic heterocycles. The number of benzene rings is 1. The van der Waals surface area contributed by atoms with E-state index in [0.717, 1.165) is 23.5 Å². The molecule has 4 heteroatoms. The fraction of sp³-hybridized carbons (Fsp3) is 0.308. The molecule has 1 heterocycles. The van der Waals surface area contributed by atoms with Crippen molar-refractivity contribution in [3.8, 4) is 11.5 Å². The lowest BCUT2D eigenvalue weighted by Gasteiger charge is -1.99. The van der Waals surface area contributed by atoms with Crippen molar-refractivity contribution in [3.63, 3.8) is 0 Å². The quantitative estimate of drug-likeness (QED) is 0.809. The Labute approximate surface area is 100 Å². The van der Waals surface area contributed by atoms with Gasteiger partial charge in [0.1, 0.15) is 0 Å². The normalized spacial score (nSPS) is 13.0. The number of carbonyl (C=O) groups is 1. The first kappa shape index (κ1) is 11.5. The van der Waals surface area contributed by atoms with Crippen LogP contribution in [0.3, 0.4) is 0 Å². The van der Waals surface area contributed by atoms with Crippen LogP contribution in [0.1, 0.15) is 18.9 Å². The largest absolute Gasteiger partial charge is 0.454 e. The van der Waals surface area contributed by atoms with Crippen LogP contribution in [0, 0.1) is 0 Å². The first-order valence-electron chi connectivity index (χ1n) is 5.65. The van der Waals surface area contributed by atoms with E-state index in [1.165, 1.54) is 6.08 Å². The molecular formula is C13H15NO3. The maximum Gasteiger partial charge on any atom is 0.243 e. The molecule has 1 amide bonds. The number of rotatable bonds is 4. The molecule has 1 aliphatic heterocycles. The Morgan fingerprint density at radius 1 is 1.41 bits per heavy atom. The van der Waals surface area contributed by atoms with E-state index in [4.69, 9.17) is 9.47 Å². The highest BCUT2D eigenvalue weighted by atomic mass is 16.7. The zero-order valence-corrected chi connectivity index (χ0v) is 9.73.